The Morgan fingerprint density at radius 2 is 1.37 bits per heavy atom. The van der Waals surface area contributed by atoms with Crippen molar-refractivity contribution >= 4 is 33.4 Å². The molecular weight excluding hydrogens is 502 g/mol. The fraction of sp³-hybridized carbons (Fsp3) is 0.276. The molecule has 0 aliphatic carbocycles. The fourth-order valence-corrected chi connectivity index (χ4v) is 5.03. The van der Waals surface area contributed by atoms with Crippen LogP contribution in [0.15, 0.2) is 84.9 Å². The van der Waals surface area contributed by atoms with Gasteiger partial charge in [-0.1, -0.05) is 60.7 Å². The summed E-state index contributed by atoms with van der Waals surface area (Å²) in [5, 5.41) is 2.81. The van der Waals surface area contributed by atoms with Crippen LogP contribution in [0, 0.1) is 5.92 Å². The summed E-state index contributed by atoms with van der Waals surface area (Å²) in [6.07, 6.45) is 0.260. The Hall–Kier alpha value is -3.98. The molecule has 1 unspecified atom stereocenters. The molecule has 2 N–H and O–H groups in total. The van der Waals surface area contributed by atoms with Gasteiger partial charge in [0.25, 0.3) is 5.91 Å². The van der Waals surface area contributed by atoms with E-state index < -0.39 is 27.8 Å². The molecule has 0 aromatic heterocycles. The first-order valence-electron chi connectivity index (χ1n) is 12.5. The lowest BCUT2D eigenvalue weighted by atomic mass is 9.97. The van der Waals surface area contributed by atoms with Crippen LogP contribution in [0.2, 0.25) is 0 Å². The van der Waals surface area contributed by atoms with Crippen LogP contribution in [0.4, 0.5) is 5.69 Å². The minimum absolute atomic E-state index is 0.0162. The monoisotopic (exact) mass is 535 g/mol. The lowest BCUT2D eigenvalue weighted by molar-refractivity contribution is -0.141. The molecule has 0 aliphatic heterocycles. The number of carbonyl (C=O) groups is 3. The van der Waals surface area contributed by atoms with Crippen LogP contribution in [-0.4, -0.2) is 49.9 Å². The summed E-state index contributed by atoms with van der Waals surface area (Å²) < 4.78 is 27.5. The molecule has 3 aromatic carbocycles. The first kappa shape index (κ1) is 28.6. The maximum atomic E-state index is 13.2. The predicted molar refractivity (Wildman–Crippen MR) is 148 cm³/mol. The van der Waals surface area contributed by atoms with Crippen LogP contribution in [0.3, 0.4) is 0 Å². The van der Waals surface area contributed by atoms with Gasteiger partial charge in [-0.05, 0) is 62.1 Å². The number of nitrogens with one attached hydrogen (secondary N) is 2. The van der Waals surface area contributed by atoms with Gasteiger partial charge in [-0.15, -0.1) is 0 Å². The van der Waals surface area contributed by atoms with Crippen molar-refractivity contribution in [1.29, 1.82) is 0 Å². The third kappa shape index (κ3) is 8.27. The average molecular weight is 536 g/mol. The Morgan fingerprint density at radius 1 is 0.789 bits per heavy atom. The van der Waals surface area contributed by atoms with Crippen molar-refractivity contribution in [2.45, 2.75) is 26.7 Å². The van der Waals surface area contributed by atoms with Crippen LogP contribution in [0.25, 0.3) is 0 Å². The molecule has 0 saturated heterocycles. The van der Waals surface area contributed by atoms with E-state index in [0.29, 0.717) is 29.9 Å². The van der Waals surface area contributed by atoms with Gasteiger partial charge in [0, 0.05) is 24.3 Å². The standard InChI is InChI=1S/C29H33N3O5S/c1-3-32(4-2)29(35)26(28(34)31-38(36,37)20-19-22-11-7-5-8-12-22)21-23-15-17-25(18-16-23)30-27(33)24-13-9-6-10-14-24/h5-18,26H,3-4,19-21H2,1-2H3,(H,30,33)(H,31,34). The summed E-state index contributed by atoms with van der Waals surface area (Å²) in [6.45, 7) is 4.39. The Kier molecular flexibility index (Phi) is 10.2. The molecule has 0 radical (unpaired) electrons. The molecule has 0 aliphatic rings. The van der Waals surface area contributed by atoms with E-state index in [9.17, 15) is 22.8 Å². The van der Waals surface area contributed by atoms with E-state index >= 15 is 0 Å². The normalized spacial score (nSPS) is 11.8. The van der Waals surface area contributed by atoms with Gasteiger partial charge in [0.05, 0.1) is 5.75 Å². The van der Waals surface area contributed by atoms with Gasteiger partial charge in [0.2, 0.25) is 21.8 Å². The number of anilines is 1. The van der Waals surface area contributed by atoms with E-state index in [0.717, 1.165) is 5.56 Å². The third-order valence-electron chi connectivity index (χ3n) is 6.14. The summed E-state index contributed by atoms with van der Waals surface area (Å²) in [5.74, 6) is -3.03. The van der Waals surface area contributed by atoms with Gasteiger partial charge in [0.15, 0.2) is 0 Å². The van der Waals surface area contributed by atoms with Crippen molar-refractivity contribution in [2.24, 2.45) is 5.92 Å². The van der Waals surface area contributed by atoms with E-state index in [-0.39, 0.29) is 24.5 Å². The summed E-state index contributed by atoms with van der Waals surface area (Å²) in [6, 6.07) is 24.7. The molecular formula is C29H33N3O5S. The van der Waals surface area contributed by atoms with Crippen molar-refractivity contribution in [3.63, 3.8) is 0 Å². The zero-order valence-electron chi connectivity index (χ0n) is 21.6. The van der Waals surface area contributed by atoms with Crippen molar-refractivity contribution < 1.29 is 22.8 Å². The SMILES string of the molecule is CCN(CC)C(=O)C(Cc1ccc(NC(=O)c2ccccc2)cc1)C(=O)NS(=O)(=O)CCc1ccccc1. The first-order valence-corrected chi connectivity index (χ1v) is 14.2. The largest absolute Gasteiger partial charge is 0.343 e. The second kappa shape index (κ2) is 13.5. The number of nitrogens with zero attached hydrogens (tertiary/aromatic N) is 1. The zero-order chi connectivity index (χ0) is 27.5. The molecule has 3 rings (SSSR count). The minimum Gasteiger partial charge on any atom is -0.343 e. The Balaban J connectivity index is 1.71. The van der Waals surface area contributed by atoms with E-state index in [1.807, 2.05) is 36.4 Å². The van der Waals surface area contributed by atoms with Crippen molar-refractivity contribution in [1.82, 2.24) is 9.62 Å². The molecule has 0 bridgehead atoms. The van der Waals surface area contributed by atoms with Crippen molar-refractivity contribution in [2.75, 3.05) is 24.2 Å². The average Bonchev–Trinajstić information content (AvgIpc) is 2.93. The Morgan fingerprint density at radius 3 is 1.95 bits per heavy atom. The van der Waals surface area contributed by atoms with Crippen LogP contribution >= 0.6 is 0 Å². The maximum Gasteiger partial charge on any atom is 0.255 e. The summed E-state index contributed by atoms with van der Waals surface area (Å²) in [4.78, 5) is 40.2. The number of benzene rings is 3. The highest BCUT2D eigenvalue weighted by Gasteiger charge is 2.32. The molecule has 0 fully saturated rings. The highest BCUT2D eigenvalue weighted by Crippen LogP contribution is 2.17. The van der Waals surface area contributed by atoms with Crippen LogP contribution in [0.5, 0.6) is 0 Å². The summed E-state index contributed by atoms with van der Waals surface area (Å²) in [5.41, 5.74) is 2.57. The number of carbonyl (C=O) groups excluding carboxylic acids is 3. The molecule has 38 heavy (non-hydrogen) atoms. The lowest BCUT2D eigenvalue weighted by Gasteiger charge is -2.24. The number of rotatable bonds is 12. The first-order chi connectivity index (χ1) is 18.2. The Labute approximate surface area is 224 Å². The second-order valence-corrected chi connectivity index (χ2v) is 10.6. The minimum atomic E-state index is -3.95. The molecule has 1 atom stereocenters. The predicted octanol–water partition coefficient (Wildman–Crippen LogP) is 3.65. The number of sulfonamides is 1. The number of amides is 3. The van der Waals surface area contributed by atoms with Crippen LogP contribution in [-0.2, 0) is 32.5 Å². The summed E-state index contributed by atoms with van der Waals surface area (Å²) >= 11 is 0. The van der Waals surface area contributed by atoms with E-state index in [2.05, 4.69) is 10.0 Å². The molecule has 9 heteroatoms. The van der Waals surface area contributed by atoms with Gasteiger partial charge < -0.3 is 10.2 Å². The van der Waals surface area contributed by atoms with E-state index in [4.69, 9.17) is 0 Å². The van der Waals surface area contributed by atoms with Gasteiger partial charge >= 0.3 is 0 Å². The molecule has 200 valence electrons. The number of hydrogen-bond acceptors (Lipinski definition) is 5. The molecule has 0 heterocycles. The molecule has 8 nitrogen and oxygen atoms in total. The smallest absolute Gasteiger partial charge is 0.255 e. The van der Waals surface area contributed by atoms with Gasteiger partial charge in [-0.25, -0.2) is 8.42 Å². The summed E-state index contributed by atoms with van der Waals surface area (Å²) in [7, 11) is -3.95. The van der Waals surface area contributed by atoms with Gasteiger partial charge in [0.1, 0.15) is 5.92 Å². The molecule has 3 amide bonds. The van der Waals surface area contributed by atoms with Crippen LogP contribution < -0.4 is 10.0 Å². The number of aryl methyl sites for hydroxylation is 1. The van der Waals surface area contributed by atoms with Gasteiger partial charge in [-0.2, -0.15) is 0 Å². The highest BCUT2D eigenvalue weighted by atomic mass is 32.2. The topological polar surface area (TPSA) is 113 Å². The maximum absolute atomic E-state index is 13.2. The zero-order valence-corrected chi connectivity index (χ0v) is 22.4. The van der Waals surface area contributed by atoms with Crippen molar-refractivity contribution in [3.8, 4) is 0 Å². The van der Waals surface area contributed by atoms with Gasteiger partial charge in [-0.3, -0.25) is 19.1 Å². The fourth-order valence-electron chi connectivity index (χ4n) is 3.97. The highest BCUT2D eigenvalue weighted by molar-refractivity contribution is 7.90. The third-order valence-corrected chi connectivity index (χ3v) is 7.39. The second-order valence-electron chi connectivity index (χ2n) is 8.81. The molecule has 0 saturated carbocycles. The van der Waals surface area contributed by atoms with Crippen molar-refractivity contribution in [3.05, 3.63) is 102 Å². The van der Waals surface area contributed by atoms with Crippen LogP contribution in [0.1, 0.15) is 35.3 Å². The molecule has 3 aromatic rings. The van der Waals surface area contributed by atoms with E-state index in [1.165, 1.54) is 4.90 Å². The molecule has 0 spiro atoms. The van der Waals surface area contributed by atoms with E-state index in [1.54, 1.807) is 62.4 Å². The lowest BCUT2D eigenvalue weighted by Crippen LogP contribution is -2.46. The number of hydrogen-bond donors (Lipinski definition) is 2. The quantitative estimate of drug-likeness (QED) is 0.344. The Bertz CT molecular complexity index is 1320.